The van der Waals surface area contributed by atoms with E-state index in [4.69, 9.17) is 0 Å². The van der Waals surface area contributed by atoms with E-state index in [1.807, 2.05) is 37.3 Å². The molecule has 0 saturated carbocycles. The van der Waals surface area contributed by atoms with Crippen LogP contribution in [0.3, 0.4) is 0 Å². The van der Waals surface area contributed by atoms with E-state index in [9.17, 15) is 19.2 Å². The molecule has 2 saturated heterocycles. The lowest BCUT2D eigenvalue weighted by atomic mass is 10.0. The van der Waals surface area contributed by atoms with E-state index < -0.39 is 0 Å². The molecular weight excluding hydrogens is 382 g/mol. The monoisotopic (exact) mass is 413 g/mol. The Morgan fingerprint density at radius 1 is 1.10 bits per heavy atom. The van der Waals surface area contributed by atoms with Gasteiger partial charge in [-0.2, -0.15) is 0 Å². The highest BCUT2D eigenvalue weighted by atomic mass is 16.2. The summed E-state index contributed by atoms with van der Waals surface area (Å²) < 4.78 is 0. The van der Waals surface area contributed by atoms with Gasteiger partial charge in [-0.25, -0.2) is 0 Å². The highest BCUT2D eigenvalue weighted by Gasteiger charge is 2.37. The standard InChI is InChI=1S/C23H31N3O4/c1-16(27)8-9-21(28)25-12-10-20(11-13-25)24-23(30)19-14-22(29)26(15-19)17(2)18-6-4-3-5-7-18/h3-7,17,19-20H,8-15H2,1-2H3,(H,24,30). The minimum atomic E-state index is -0.334. The number of likely N-dealkylation sites (tertiary alicyclic amines) is 2. The zero-order valence-electron chi connectivity index (χ0n) is 17.8. The number of carbonyl (C=O) groups excluding carboxylic acids is 4. The van der Waals surface area contributed by atoms with Crippen molar-refractivity contribution in [1.29, 1.82) is 0 Å². The van der Waals surface area contributed by atoms with Gasteiger partial charge >= 0.3 is 0 Å². The van der Waals surface area contributed by atoms with Gasteiger partial charge in [0.05, 0.1) is 12.0 Å². The number of carbonyl (C=O) groups is 4. The Kier molecular flexibility index (Phi) is 7.24. The average molecular weight is 414 g/mol. The zero-order valence-corrected chi connectivity index (χ0v) is 17.8. The number of piperidine rings is 1. The molecule has 2 aliphatic rings. The fraction of sp³-hybridized carbons (Fsp3) is 0.565. The number of hydrogen-bond donors (Lipinski definition) is 1. The number of benzene rings is 1. The van der Waals surface area contributed by atoms with Crippen molar-refractivity contribution in [3.8, 4) is 0 Å². The van der Waals surface area contributed by atoms with Gasteiger partial charge in [-0.05, 0) is 32.3 Å². The Hall–Kier alpha value is -2.70. The molecule has 7 heteroatoms. The summed E-state index contributed by atoms with van der Waals surface area (Å²) in [6.07, 6.45) is 2.17. The predicted molar refractivity (Wildman–Crippen MR) is 112 cm³/mol. The molecule has 3 rings (SSSR count). The maximum atomic E-state index is 12.7. The predicted octanol–water partition coefficient (Wildman–Crippen LogP) is 2.07. The first-order valence-electron chi connectivity index (χ1n) is 10.8. The molecule has 0 radical (unpaired) electrons. The van der Waals surface area contributed by atoms with Gasteiger partial charge in [0.2, 0.25) is 17.7 Å². The molecule has 0 aliphatic carbocycles. The van der Waals surface area contributed by atoms with E-state index in [0.717, 1.165) is 5.56 Å². The SMILES string of the molecule is CC(=O)CCC(=O)N1CCC(NC(=O)C2CC(=O)N(C(C)c3ccccc3)C2)CC1. The molecule has 1 aromatic carbocycles. The fourth-order valence-electron chi connectivity index (χ4n) is 4.23. The minimum Gasteiger partial charge on any atom is -0.353 e. The molecule has 1 aromatic rings. The third kappa shape index (κ3) is 5.46. The lowest BCUT2D eigenvalue weighted by Crippen LogP contribution is -2.48. The normalized spacial score (nSPS) is 20.9. The number of nitrogens with zero attached hydrogens (tertiary/aromatic N) is 2. The van der Waals surface area contributed by atoms with Crippen molar-refractivity contribution < 1.29 is 19.2 Å². The molecule has 30 heavy (non-hydrogen) atoms. The zero-order chi connectivity index (χ0) is 21.7. The second kappa shape index (κ2) is 9.87. The quantitative estimate of drug-likeness (QED) is 0.741. The number of Topliss-reactive ketones (excluding diaryl/α,β-unsaturated/α-hetero) is 1. The number of ketones is 1. The van der Waals surface area contributed by atoms with E-state index in [2.05, 4.69) is 5.32 Å². The Morgan fingerprint density at radius 3 is 2.40 bits per heavy atom. The van der Waals surface area contributed by atoms with Crippen molar-refractivity contribution in [3.05, 3.63) is 35.9 Å². The van der Waals surface area contributed by atoms with E-state index in [0.29, 0.717) is 32.5 Å². The third-order valence-electron chi connectivity index (χ3n) is 6.16. The molecule has 0 spiro atoms. The molecule has 2 aliphatic heterocycles. The van der Waals surface area contributed by atoms with Gasteiger partial charge in [-0.15, -0.1) is 0 Å². The first kappa shape index (κ1) is 22.0. The molecular formula is C23H31N3O4. The van der Waals surface area contributed by atoms with Crippen LogP contribution in [0, 0.1) is 5.92 Å². The summed E-state index contributed by atoms with van der Waals surface area (Å²) in [4.78, 5) is 52.0. The number of nitrogens with one attached hydrogen (secondary N) is 1. The molecule has 162 valence electrons. The fourth-order valence-corrected chi connectivity index (χ4v) is 4.23. The second-order valence-corrected chi connectivity index (χ2v) is 8.40. The molecule has 7 nitrogen and oxygen atoms in total. The van der Waals surface area contributed by atoms with Gasteiger partial charge in [0.1, 0.15) is 5.78 Å². The lowest BCUT2D eigenvalue weighted by molar-refractivity contribution is -0.134. The number of hydrogen-bond acceptors (Lipinski definition) is 4. The van der Waals surface area contributed by atoms with Crippen LogP contribution in [0.4, 0.5) is 0 Å². The summed E-state index contributed by atoms with van der Waals surface area (Å²) in [6, 6.07) is 9.81. The van der Waals surface area contributed by atoms with Crippen molar-refractivity contribution >= 4 is 23.5 Å². The summed E-state index contributed by atoms with van der Waals surface area (Å²) in [6.45, 7) is 5.09. The Balaban J connectivity index is 1.46. The van der Waals surface area contributed by atoms with Crippen LogP contribution >= 0.6 is 0 Å². The Morgan fingerprint density at radius 2 is 1.77 bits per heavy atom. The molecule has 2 unspecified atom stereocenters. The summed E-state index contributed by atoms with van der Waals surface area (Å²) in [5, 5.41) is 3.08. The van der Waals surface area contributed by atoms with E-state index in [1.54, 1.807) is 9.80 Å². The highest BCUT2D eigenvalue weighted by Crippen LogP contribution is 2.28. The Labute approximate surface area is 177 Å². The van der Waals surface area contributed by atoms with Gasteiger partial charge in [0, 0.05) is 44.9 Å². The lowest BCUT2D eigenvalue weighted by Gasteiger charge is -2.33. The van der Waals surface area contributed by atoms with Crippen LogP contribution in [0.2, 0.25) is 0 Å². The van der Waals surface area contributed by atoms with Crippen molar-refractivity contribution in [2.24, 2.45) is 5.92 Å². The Bertz CT molecular complexity index is 787. The molecule has 0 bridgehead atoms. The van der Waals surface area contributed by atoms with E-state index in [1.165, 1.54) is 6.92 Å². The van der Waals surface area contributed by atoms with Crippen LogP contribution in [0.15, 0.2) is 30.3 Å². The minimum absolute atomic E-state index is 0.00177. The first-order chi connectivity index (χ1) is 14.3. The topological polar surface area (TPSA) is 86.8 Å². The van der Waals surface area contributed by atoms with Crippen LogP contribution < -0.4 is 5.32 Å². The molecule has 2 heterocycles. The molecule has 3 amide bonds. The number of amides is 3. The third-order valence-corrected chi connectivity index (χ3v) is 6.16. The van der Waals surface area contributed by atoms with Gasteiger partial charge in [0.15, 0.2) is 0 Å². The average Bonchev–Trinajstić information content (AvgIpc) is 3.14. The van der Waals surface area contributed by atoms with Crippen LogP contribution in [0.1, 0.15) is 57.6 Å². The van der Waals surface area contributed by atoms with E-state index >= 15 is 0 Å². The molecule has 0 aromatic heterocycles. The van der Waals surface area contributed by atoms with Crippen molar-refractivity contribution in [3.63, 3.8) is 0 Å². The molecule has 2 fully saturated rings. The molecule has 2 atom stereocenters. The smallest absolute Gasteiger partial charge is 0.225 e. The maximum absolute atomic E-state index is 12.7. The van der Waals surface area contributed by atoms with Crippen LogP contribution in [0.25, 0.3) is 0 Å². The summed E-state index contributed by atoms with van der Waals surface area (Å²) >= 11 is 0. The first-order valence-corrected chi connectivity index (χ1v) is 10.8. The van der Waals surface area contributed by atoms with Crippen molar-refractivity contribution in [2.75, 3.05) is 19.6 Å². The summed E-state index contributed by atoms with van der Waals surface area (Å²) in [7, 11) is 0. The van der Waals surface area contributed by atoms with Crippen LogP contribution in [-0.2, 0) is 19.2 Å². The number of rotatable bonds is 7. The maximum Gasteiger partial charge on any atom is 0.225 e. The van der Waals surface area contributed by atoms with Crippen molar-refractivity contribution in [2.45, 2.75) is 58.0 Å². The van der Waals surface area contributed by atoms with E-state index in [-0.39, 0.29) is 60.8 Å². The van der Waals surface area contributed by atoms with Crippen LogP contribution in [-0.4, -0.2) is 59.0 Å². The highest BCUT2D eigenvalue weighted by molar-refractivity contribution is 5.89. The summed E-state index contributed by atoms with van der Waals surface area (Å²) in [5.41, 5.74) is 1.06. The second-order valence-electron chi connectivity index (χ2n) is 8.40. The van der Waals surface area contributed by atoms with Gasteiger partial charge < -0.3 is 19.9 Å². The van der Waals surface area contributed by atoms with Gasteiger partial charge in [0.25, 0.3) is 0 Å². The van der Waals surface area contributed by atoms with Crippen LogP contribution in [0.5, 0.6) is 0 Å². The van der Waals surface area contributed by atoms with Gasteiger partial charge in [-0.1, -0.05) is 30.3 Å². The van der Waals surface area contributed by atoms with Gasteiger partial charge in [-0.3, -0.25) is 14.4 Å². The molecule has 1 N–H and O–H groups in total. The summed E-state index contributed by atoms with van der Waals surface area (Å²) in [5.74, 6) is -0.377. The van der Waals surface area contributed by atoms with Crippen molar-refractivity contribution in [1.82, 2.24) is 15.1 Å². The largest absolute Gasteiger partial charge is 0.353 e.